The third kappa shape index (κ3) is 5.96. The summed E-state index contributed by atoms with van der Waals surface area (Å²) in [7, 11) is 3.07. The van der Waals surface area contributed by atoms with E-state index in [0.29, 0.717) is 33.6 Å². The largest absolute Gasteiger partial charge is 0.493 e. The van der Waals surface area contributed by atoms with Gasteiger partial charge in [-0.3, -0.25) is 14.5 Å². The van der Waals surface area contributed by atoms with E-state index in [2.05, 4.69) is 5.32 Å². The molecule has 0 unspecified atom stereocenters. The van der Waals surface area contributed by atoms with Crippen molar-refractivity contribution in [3.63, 3.8) is 0 Å². The molecule has 1 heterocycles. The number of ether oxygens (including phenoxy) is 2. The molecule has 1 aliphatic heterocycles. The lowest BCUT2D eigenvalue weighted by Crippen LogP contribution is -2.42. The number of carbonyl (C=O) groups excluding carboxylic acids is 2. The number of carboxylic acid groups (broad SMARTS) is 1. The standard InChI is InChI=1S/C20H24N2O6S2/c1-4-5-13(19(25)26)21-17(23)8-9-22-18(24)16(30-20(22)29)11-12-6-7-14(27-2)15(10-12)28-3/h6-7,10-11,13H,4-5,8-9H2,1-3H3,(H,21,23)(H,25,26)/b16-11+/t13-/m1/s1. The second kappa shape index (κ2) is 11.0. The first-order valence-corrected chi connectivity index (χ1v) is 10.5. The molecule has 30 heavy (non-hydrogen) atoms. The third-order valence-corrected chi connectivity index (χ3v) is 5.73. The van der Waals surface area contributed by atoms with Gasteiger partial charge in [0.05, 0.1) is 19.1 Å². The fourth-order valence-corrected chi connectivity index (χ4v) is 4.12. The van der Waals surface area contributed by atoms with Crippen LogP contribution in [-0.4, -0.2) is 58.9 Å². The highest BCUT2D eigenvalue weighted by Crippen LogP contribution is 2.34. The normalized spacial score (nSPS) is 16.0. The molecule has 1 aromatic rings. The molecule has 0 spiro atoms. The minimum Gasteiger partial charge on any atom is -0.493 e. The zero-order valence-electron chi connectivity index (χ0n) is 17.0. The molecule has 8 nitrogen and oxygen atoms in total. The van der Waals surface area contributed by atoms with Gasteiger partial charge in [-0.15, -0.1) is 0 Å². The lowest BCUT2D eigenvalue weighted by atomic mass is 10.1. The van der Waals surface area contributed by atoms with Crippen molar-refractivity contribution in [1.82, 2.24) is 10.2 Å². The monoisotopic (exact) mass is 452 g/mol. The number of rotatable bonds is 10. The number of benzene rings is 1. The van der Waals surface area contributed by atoms with Gasteiger partial charge in [0.1, 0.15) is 10.4 Å². The van der Waals surface area contributed by atoms with Crippen LogP contribution in [0, 0.1) is 0 Å². The van der Waals surface area contributed by atoms with E-state index in [1.807, 2.05) is 6.92 Å². The van der Waals surface area contributed by atoms with Gasteiger partial charge in [0.2, 0.25) is 5.91 Å². The van der Waals surface area contributed by atoms with E-state index in [1.165, 1.54) is 12.0 Å². The number of nitrogens with zero attached hydrogens (tertiary/aromatic N) is 1. The first-order valence-electron chi connectivity index (χ1n) is 9.30. The number of aliphatic carboxylic acids is 1. The number of amides is 2. The van der Waals surface area contributed by atoms with E-state index < -0.39 is 17.9 Å². The number of thiocarbonyl (C=S) groups is 1. The third-order valence-electron chi connectivity index (χ3n) is 4.35. The first-order chi connectivity index (χ1) is 14.3. The van der Waals surface area contributed by atoms with Crippen molar-refractivity contribution in [2.24, 2.45) is 0 Å². The fourth-order valence-electron chi connectivity index (χ4n) is 2.81. The molecule has 0 aromatic heterocycles. The highest BCUT2D eigenvalue weighted by Gasteiger charge is 2.32. The molecular formula is C20H24N2O6S2. The molecule has 0 aliphatic carbocycles. The topological polar surface area (TPSA) is 105 Å². The molecular weight excluding hydrogens is 428 g/mol. The maximum Gasteiger partial charge on any atom is 0.326 e. The van der Waals surface area contributed by atoms with Crippen molar-refractivity contribution in [3.8, 4) is 11.5 Å². The Morgan fingerprint density at radius 1 is 1.30 bits per heavy atom. The Morgan fingerprint density at radius 3 is 2.60 bits per heavy atom. The van der Waals surface area contributed by atoms with E-state index >= 15 is 0 Å². The molecule has 2 N–H and O–H groups in total. The average Bonchev–Trinajstić information content (AvgIpc) is 2.98. The Labute approximate surface area is 184 Å². The number of nitrogens with one attached hydrogen (secondary N) is 1. The number of methoxy groups -OCH3 is 2. The maximum atomic E-state index is 12.7. The van der Waals surface area contributed by atoms with Gasteiger partial charge in [0, 0.05) is 13.0 Å². The van der Waals surface area contributed by atoms with Gasteiger partial charge in [-0.25, -0.2) is 4.79 Å². The molecule has 0 radical (unpaired) electrons. The number of carbonyl (C=O) groups is 3. The average molecular weight is 453 g/mol. The summed E-state index contributed by atoms with van der Waals surface area (Å²) in [6.45, 7) is 1.92. The van der Waals surface area contributed by atoms with Crippen LogP contribution in [-0.2, 0) is 14.4 Å². The molecule has 1 aliphatic rings. The summed E-state index contributed by atoms with van der Waals surface area (Å²) in [5.74, 6) is -0.687. The molecule has 2 rings (SSSR count). The van der Waals surface area contributed by atoms with Gasteiger partial charge in [-0.1, -0.05) is 43.4 Å². The maximum absolute atomic E-state index is 12.7. The second-order valence-corrected chi connectivity index (χ2v) is 8.12. The van der Waals surface area contributed by atoms with Gasteiger partial charge < -0.3 is 19.9 Å². The number of carboxylic acids is 1. The smallest absolute Gasteiger partial charge is 0.326 e. The van der Waals surface area contributed by atoms with Gasteiger partial charge in [-0.2, -0.15) is 0 Å². The molecule has 1 atom stereocenters. The van der Waals surface area contributed by atoms with Crippen molar-refractivity contribution < 1.29 is 29.0 Å². The summed E-state index contributed by atoms with van der Waals surface area (Å²) in [5, 5.41) is 11.6. The van der Waals surface area contributed by atoms with Crippen molar-refractivity contribution in [2.75, 3.05) is 20.8 Å². The van der Waals surface area contributed by atoms with E-state index in [-0.39, 0.29) is 18.9 Å². The minimum atomic E-state index is -1.08. The van der Waals surface area contributed by atoms with Crippen molar-refractivity contribution in [1.29, 1.82) is 0 Å². The molecule has 1 saturated heterocycles. The lowest BCUT2D eigenvalue weighted by molar-refractivity contribution is -0.142. The van der Waals surface area contributed by atoms with Gasteiger partial charge >= 0.3 is 5.97 Å². The summed E-state index contributed by atoms with van der Waals surface area (Å²) in [5.41, 5.74) is 0.745. The molecule has 10 heteroatoms. The summed E-state index contributed by atoms with van der Waals surface area (Å²) in [6, 6.07) is 4.35. The van der Waals surface area contributed by atoms with Crippen LogP contribution in [0.1, 0.15) is 31.7 Å². The molecule has 1 fully saturated rings. The van der Waals surface area contributed by atoms with Crippen LogP contribution in [0.25, 0.3) is 6.08 Å². The Balaban J connectivity index is 2.03. The van der Waals surface area contributed by atoms with E-state index in [9.17, 15) is 14.4 Å². The minimum absolute atomic E-state index is 0.0381. The SMILES string of the molecule is CCC[C@@H](NC(=O)CCN1C(=O)/C(=C\c2ccc(OC)c(OC)c2)SC1=S)C(=O)O. The van der Waals surface area contributed by atoms with Crippen molar-refractivity contribution in [3.05, 3.63) is 28.7 Å². The molecule has 0 saturated carbocycles. The van der Waals surface area contributed by atoms with Crippen LogP contribution in [0.4, 0.5) is 0 Å². The highest BCUT2D eigenvalue weighted by atomic mass is 32.2. The van der Waals surface area contributed by atoms with E-state index in [0.717, 1.165) is 17.3 Å². The molecule has 162 valence electrons. The summed E-state index contributed by atoms with van der Waals surface area (Å²) in [4.78, 5) is 37.8. The van der Waals surface area contributed by atoms with Gasteiger partial charge in [-0.05, 0) is 30.2 Å². The quantitative estimate of drug-likeness (QED) is 0.412. The van der Waals surface area contributed by atoms with E-state index in [4.69, 9.17) is 26.8 Å². The zero-order valence-corrected chi connectivity index (χ0v) is 18.6. The first kappa shape index (κ1) is 23.7. The van der Waals surface area contributed by atoms with Crippen LogP contribution >= 0.6 is 24.0 Å². The Bertz CT molecular complexity index is 871. The van der Waals surface area contributed by atoms with Crippen LogP contribution in [0.3, 0.4) is 0 Å². The van der Waals surface area contributed by atoms with Crippen LogP contribution in [0.2, 0.25) is 0 Å². The van der Waals surface area contributed by atoms with Crippen LogP contribution in [0.15, 0.2) is 23.1 Å². The van der Waals surface area contributed by atoms with Crippen molar-refractivity contribution in [2.45, 2.75) is 32.2 Å². The Morgan fingerprint density at radius 2 is 2.00 bits per heavy atom. The number of hydrogen-bond donors (Lipinski definition) is 2. The number of hydrogen-bond acceptors (Lipinski definition) is 7. The van der Waals surface area contributed by atoms with E-state index in [1.54, 1.807) is 31.4 Å². The van der Waals surface area contributed by atoms with Gasteiger partial charge in [0.15, 0.2) is 11.5 Å². The predicted octanol–water partition coefficient (Wildman–Crippen LogP) is 2.66. The predicted molar refractivity (Wildman–Crippen MR) is 119 cm³/mol. The zero-order chi connectivity index (χ0) is 22.3. The Kier molecular flexibility index (Phi) is 8.67. The molecule has 2 amide bonds. The molecule has 1 aromatic carbocycles. The van der Waals surface area contributed by atoms with Crippen LogP contribution in [0.5, 0.6) is 11.5 Å². The van der Waals surface area contributed by atoms with Gasteiger partial charge in [0.25, 0.3) is 5.91 Å². The Hall–Kier alpha value is -2.59. The summed E-state index contributed by atoms with van der Waals surface area (Å²) in [6.07, 6.45) is 2.63. The van der Waals surface area contributed by atoms with Crippen LogP contribution < -0.4 is 14.8 Å². The summed E-state index contributed by atoms with van der Waals surface area (Å²) < 4.78 is 10.8. The highest BCUT2D eigenvalue weighted by molar-refractivity contribution is 8.26. The van der Waals surface area contributed by atoms with Crippen molar-refractivity contribution >= 4 is 52.2 Å². The summed E-state index contributed by atoms with van der Waals surface area (Å²) >= 11 is 6.43. The molecule has 0 bridgehead atoms. The lowest BCUT2D eigenvalue weighted by Gasteiger charge is -2.16. The second-order valence-electron chi connectivity index (χ2n) is 6.44. The number of thioether (sulfide) groups is 1. The fraction of sp³-hybridized carbons (Fsp3) is 0.400.